The molecule has 9 nitrogen and oxygen atoms in total. The Kier molecular flexibility index (Phi) is 6.48. The number of halogens is 2. The number of anilines is 3. The predicted octanol–water partition coefficient (Wildman–Crippen LogP) is 4.17. The van der Waals surface area contributed by atoms with Crippen molar-refractivity contribution in [1.29, 1.82) is 5.41 Å². The number of alkyl halides is 2. The minimum absolute atomic E-state index is 0.0146. The van der Waals surface area contributed by atoms with Gasteiger partial charge in [-0.2, -0.15) is 15.0 Å². The molecule has 0 aliphatic carbocycles. The van der Waals surface area contributed by atoms with E-state index in [1.165, 1.54) is 4.90 Å². The lowest BCUT2D eigenvalue weighted by atomic mass is 10.1. The highest BCUT2D eigenvalue weighted by molar-refractivity contribution is 5.70. The standard InChI is InChI=1S/C22H23F2N7O2/c23-22(24)10-12-31(13-11-22)20(26)32-14-18-28-19(25)30-21(29-18)27-15-6-8-17(9-7-15)33-16-4-2-1-3-5-16/h1-9,26H,10-14H2,(H3,25,27,28,29,30). The first-order valence-electron chi connectivity index (χ1n) is 10.3. The molecule has 0 amide bonds. The molecule has 4 N–H and O–H groups in total. The van der Waals surface area contributed by atoms with E-state index in [1.54, 1.807) is 24.3 Å². The number of rotatable bonds is 6. The predicted molar refractivity (Wildman–Crippen MR) is 119 cm³/mol. The maximum absolute atomic E-state index is 13.3. The van der Waals surface area contributed by atoms with Crippen LogP contribution in [-0.2, 0) is 11.3 Å². The molecule has 2 heterocycles. The monoisotopic (exact) mass is 455 g/mol. The topological polar surface area (TPSA) is 122 Å². The van der Waals surface area contributed by atoms with Gasteiger partial charge < -0.3 is 25.4 Å². The summed E-state index contributed by atoms with van der Waals surface area (Å²) in [5.74, 6) is -0.879. The number of amidine groups is 1. The summed E-state index contributed by atoms with van der Waals surface area (Å²) in [5.41, 5.74) is 6.48. The van der Waals surface area contributed by atoms with Crippen molar-refractivity contribution in [3.05, 3.63) is 60.4 Å². The van der Waals surface area contributed by atoms with Gasteiger partial charge in [-0.1, -0.05) is 18.2 Å². The van der Waals surface area contributed by atoms with Crippen LogP contribution in [0.25, 0.3) is 0 Å². The van der Waals surface area contributed by atoms with Crippen LogP contribution in [0, 0.1) is 5.41 Å². The van der Waals surface area contributed by atoms with Gasteiger partial charge in [0, 0.05) is 31.6 Å². The van der Waals surface area contributed by atoms with Gasteiger partial charge in [0.25, 0.3) is 11.9 Å². The number of likely N-dealkylation sites (tertiary alicyclic amines) is 1. The average Bonchev–Trinajstić information content (AvgIpc) is 2.79. The van der Waals surface area contributed by atoms with Crippen molar-refractivity contribution in [2.75, 3.05) is 24.1 Å². The lowest BCUT2D eigenvalue weighted by molar-refractivity contribution is -0.0472. The second kappa shape index (κ2) is 9.63. The molecule has 4 rings (SSSR count). The zero-order valence-corrected chi connectivity index (χ0v) is 17.7. The fourth-order valence-corrected chi connectivity index (χ4v) is 3.18. The zero-order valence-electron chi connectivity index (χ0n) is 17.7. The Labute approximate surface area is 189 Å². The van der Waals surface area contributed by atoms with Crippen molar-refractivity contribution >= 4 is 23.6 Å². The van der Waals surface area contributed by atoms with E-state index in [2.05, 4.69) is 20.3 Å². The van der Waals surface area contributed by atoms with Gasteiger partial charge in [0.2, 0.25) is 11.9 Å². The van der Waals surface area contributed by atoms with E-state index in [0.717, 1.165) is 5.75 Å². The smallest absolute Gasteiger partial charge is 0.284 e. The third-order valence-electron chi connectivity index (χ3n) is 4.91. The molecular weight excluding hydrogens is 432 g/mol. The van der Waals surface area contributed by atoms with Crippen LogP contribution >= 0.6 is 0 Å². The number of nitrogens with one attached hydrogen (secondary N) is 2. The summed E-state index contributed by atoms with van der Waals surface area (Å²) in [4.78, 5) is 13.8. The number of hydrogen-bond donors (Lipinski definition) is 3. The van der Waals surface area contributed by atoms with Gasteiger partial charge in [0.1, 0.15) is 11.5 Å². The van der Waals surface area contributed by atoms with Gasteiger partial charge >= 0.3 is 0 Å². The van der Waals surface area contributed by atoms with Crippen molar-refractivity contribution in [2.45, 2.75) is 25.4 Å². The van der Waals surface area contributed by atoms with Gasteiger partial charge in [-0.25, -0.2) is 8.78 Å². The molecule has 172 valence electrons. The summed E-state index contributed by atoms with van der Waals surface area (Å²) in [5, 5.41) is 11.0. The average molecular weight is 455 g/mol. The molecule has 1 saturated heterocycles. The van der Waals surface area contributed by atoms with E-state index in [9.17, 15) is 8.78 Å². The van der Waals surface area contributed by atoms with Crippen molar-refractivity contribution in [1.82, 2.24) is 19.9 Å². The summed E-state index contributed by atoms with van der Waals surface area (Å²) < 4.78 is 37.7. The number of para-hydroxylation sites is 1. The Morgan fingerprint density at radius 3 is 2.36 bits per heavy atom. The largest absolute Gasteiger partial charge is 0.457 e. The molecule has 3 aromatic rings. The van der Waals surface area contributed by atoms with Crippen LogP contribution in [0.2, 0.25) is 0 Å². The summed E-state index contributed by atoms with van der Waals surface area (Å²) >= 11 is 0. The molecule has 0 unspecified atom stereocenters. The van der Waals surface area contributed by atoms with Gasteiger partial charge in [0.15, 0.2) is 12.4 Å². The molecule has 11 heteroatoms. The molecule has 0 bridgehead atoms. The number of hydrogen-bond acceptors (Lipinski definition) is 8. The quantitative estimate of drug-likeness (QED) is 0.374. The molecule has 33 heavy (non-hydrogen) atoms. The first-order valence-corrected chi connectivity index (χ1v) is 10.3. The minimum atomic E-state index is -2.69. The number of nitrogens with zero attached hydrogens (tertiary/aromatic N) is 4. The maximum Gasteiger partial charge on any atom is 0.284 e. The molecular formula is C22H23F2N7O2. The highest BCUT2D eigenvalue weighted by Crippen LogP contribution is 2.28. The number of nitrogens with two attached hydrogens (primary N) is 1. The van der Waals surface area contributed by atoms with Crippen LogP contribution in [0.1, 0.15) is 18.7 Å². The summed E-state index contributed by atoms with van der Waals surface area (Å²) in [7, 11) is 0. The molecule has 2 aromatic carbocycles. The highest BCUT2D eigenvalue weighted by Gasteiger charge is 2.35. The zero-order chi connectivity index (χ0) is 23.3. The van der Waals surface area contributed by atoms with Crippen molar-refractivity contribution in [3.63, 3.8) is 0 Å². The fourth-order valence-electron chi connectivity index (χ4n) is 3.18. The molecule has 0 radical (unpaired) electrons. The van der Waals surface area contributed by atoms with Gasteiger partial charge in [-0.3, -0.25) is 5.41 Å². The molecule has 0 saturated carbocycles. The van der Waals surface area contributed by atoms with Crippen molar-refractivity contribution < 1.29 is 18.3 Å². The molecule has 1 aromatic heterocycles. The lowest BCUT2D eigenvalue weighted by Gasteiger charge is -2.32. The van der Waals surface area contributed by atoms with Crippen molar-refractivity contribution in [3.8, 4) is 11.5 Å². The van der Waals surface area contributed by atoms with E-state index in [1.807, 2.05) is 30.3 Å². The number of piperidine rings is 1. The summed E-state index contributed by atoms with van der Waals surface area (Å²) in [6.07, 6.45) is -0.610. The second-order valence-corrected chi connectivity index (χ2v) is 7.43. The van der Waals surface area contributed by atoms with Crippen LogP contribution in [0.15, 0.2) is 54.6 Å². The van der Waals surface area contributed by atoms with Gasteiger partial charge in [0.05, 0.1) is 0 Å². The lowest BCUT2D eigenvalue weighted by Crippen LogP contribution is -2.43. The van der Waals surface area contributed by atoms with E-state index >= 15 is 0 Å². The highest BCUT2D eigenvalue weighted by atomic mass is 19.3. The van der Waals surface area contributed by atoms with E-state index in [4.69, 9.17) is 20.6 Å². The minimum Gasteiger partial charge on any atom is -0.457 e. The Bertz CT molecular complexity index is 1090. The molecule has 1 fully saturated rings. The molecule has 0 spiro atoms. The fraction of sp³-hybridized carbons (Fsp3) is 0.273. The molecule has 1 aliphatic heterocycles. The van der Waals surface area contributed by atoms with E-state index in [0.29, 0.717) is 11.4 Å². The van der Waals surface area contributed by atoms with E-state index < -0.39 is 5.92 Å². The van der Waals surface area contributed by atoms with Gasteiger partial charge in [-0.05, 0) is 36.4 Å². The van der Waals surface area contributed by atoms with Crippen LogP contribution in [0.5, 0.6) is 11.5 Å². The van der Waals surface area contributed by atoms with Crippen molar-refractivity contribution in [2.24, 2.45) is 0 Å². The Morgan fingerprint density at radius 2 is 1.67 bits per heavy atom. The number of nitrogen functional groups attached to an aromatic ring is 1. The SMILES string of the molecule is N=C(OCc1nc(N)nc(Nc2ccc(Oc3ccccc3)cc2)n1)N1CCC(F)(F)CC1. The van der Waals surface area contributed by atoms with Crippen LogP contribution in [0.3, 0.4) is 0 Å². The first-order chi connectivity index (χ1) is 15.9. The van der Waals surface area contributed by atoms with Crippen LogP contribution < -0.4 is 15.8 Å². The Hall–Kier alpha value is -4.02. The summed E-state index contributed by atoms with van der Waals surface area (Å²) in [6, 6.07) is 16.4. The number of aromatic nitrogens is 3. The van der Waals surface area contributed by atoms with Crippen LogP contribution in [-0.4, -0.2) is 44.9 Å². The normalized spacial score (nSPS) is 15.0. The number of ether oxygens (including phenoxy) is 2. The second-order valence-electron chi connectivity index (χ2n) is 7.43. The number of benzene rings is 2. The maximum atomic E-state index is 13.3. The van der Waals surface area contributed by atoms with E-state index in [-0.39, 0.29) is 56.3 Å². The Morgan fingerprint density at radius 1 is 1.00 bits per heavy atom. The van der Waals surface area contributed by atoms with Gasteiger partial charge in [-0.15, -0.1) is 0 Å². The first kappa shape index (κ1) is 22.2. The van der Waals surface area contributed by atoms with Crippen LogP contribution in [0.4, 0.5) is 26.4 Å². The third kappa shape index (κ3) is 6.25. The Balaban J connectivity index is 1.34. The summed E-state index contributed by atoms with van der Waals surface area (Å²) in [6.45, 7) is -0.0269. The third-order valence-corrected chi connectivity index (χ3v) is 4.91. The molecule has 1 aliphatic rings. The molecule has 0 atom stereocenters.